The van der Waals surface area contributed by atoms with Gasteiger partial charge in [-0.15, -0.1) is 0 Å². The third kappa shape index (κ3) is 2.63. The van der Waals surface area contributed by atoms with Crippen LogP contribution in [0.1, 0.15) is 12.8 Å². The zero-order chi connectivity index (χ0) is 12.2. The molecule has 0 bridgehead atoms. The van der Waals surface area contributed by atoms with Crippen molar-refractivity contribution in [3.05, 3.63) is 0 Å². The van der Waals surface area contributed by atoms with E-state index in [0.717, 1.165) is 50.2 Å². The van der Waals surface area contributed by atoms with E-state index >= 15 is 0 Å². The van der Waals surface area contributed by atoms with E-state index in [1.807, 2.05) is 0 Å². The van der Waals surface area contributed by atoms with Gasteiger partial charge in [-0.25, -0.2) is 0 Å². The van der Waals surface area contributed by atoms with Gasteiger partial charge >= 0.3 is 0 Å². The Hall–Kier alpha value is -1.59. The van der Waals surface area contributed by atoms with Crippen LogP contribution < -0.4 is 0 Å². The average Bonchev–Trinajstić information content (AvgIpc) is 3.13. The highest BCUT2D eigenvalue weighted by Crippen LogP contribution is 2.20. The first-order valence-electron chi connectivity index (χ1n) is 6.41. The van der Waals surface area contributed by atoms with Crippen LogP contribution >= 0.6 is 0 Å². The summed E-state index contributed by atoms with van der Waals surface area (Å²) in [5, 5.41) is 0. The lowest BCUT2D eigenvalue weighted by molar-refractivity contribution is 0.301. The molecule has 18 heavy (non-hydrogen) atoms. The van der Waals surface area contributed by atoms with Crippen LogP contribution in [0.4, 0.5) is 0 Å². The van der Waals surface area contributed by atoms with Gasteiger partial charge < -0.3 is 14.2 Å². The number of hydrogen-bond donors (Lipinski definition) is 0. The maximum absolute atomic E-state index is 5.56. The molecule has 0 radical (unpaired) electrons. The summed E-state index contributed by atoms with van der Waals surface area (Å²) >= 11 is 0. The summed E-state index contributed by atoms with van der Waals surface area (Å²) in [4.78, 5) is 13.0. The molecule has 0 unspecified atom stereocenters. The lowest BCUT2D eigenvalue weighted by Crippen LogP contribution is -2.22. The number of ether oxygens (including phenoxy) is 3. The Balaban J connectivity index is 1.66. The summed E-state index contributed by atoms with van der Waals surface area (Å²) in [5.41, 5.74) is 0. The summed E-state index contributed by atoms with van der Waals surface area (Å²) in [6.07, 6.45) is 1.45. The number of aliphatic imine (C=N–C) groups is 3. The van der Waals surface area contributed by atoms with Crippen molar-refractivity contribution in [1.82, 2.24) is 0 Å². The van der Waals surface area contributed by atoms with Crippen LogP contribution in [-0.2, 0) is 14.2 Å². The largest absolute Gasteiger partial charge is 0.479 e. The first kappa shape index (κ1) is 11.5. The summed E-state index contributed by atoms with van der Waals surface area (Å²) in [6.45, 7) is 4.30. The molecule has 3 aliphatic heterocycles. The van der Waals surface area contributed by atoms with Crippen LogP contribution in [0.2, 0.25) is 0 Å². The molecule has 0 saturated carbocycles. The molecule has 0 fully saturated rings. The van der Waals surface area contributed by atoms with E-state index in [-0.39, 0.29) is 5.92 Å². The van der Waals surface area contributed by atoms with Crippen LogP contribution in [0.5, 0.6) is 0 Å². The number of hydrogen-bond acceptors (Lipinski definition) is 6. The molecule has 3 aliphatic rings. The fourth-order valence-electron chi connectivity index (χ4n) is 2.27. The third-order valence-corrected chi connectivity index (χ3v) is 3.10. The first-order valence-corrected chi connectivity index (χ1v) is 6.41. The van der Waals surface area contributed by atoms with Crippen LogP contribution in [0, 0.1) is 5.92 Å². The van der Waals surface area contributed by atoms with Crippen molar-refractivity contribution in [3.8, 4) is 0 Å². The molecule has 0 aromatic carbocycles. The third-order valence-electron chi connectivity index (χ3n) is 3.10. The van der Waals surface area contributed by atoms with Crippen LogP contribution in [0.15, 0.2) is 15.0 Å². The second-order valence-electron chi connectivity index (χ2n) is 4.42. The van der Waals surface area contributed by atoms with Gasteiger partial charge in [0.05, 0.1) is 25.6 Å². The van der Waals surface area contributed by atoms with Gasteiger partial charge in [-0.05, 0) is 0 Å². The molecular formula is C12H17N3O3. The van der Waals surface area contributed by atoms with E-state index < -0.39 is 0 Å². The lowest BCUT2D eigenvalue weighted by atomic mass is 10.0. The Bertz CT molecular complexity index is 377. The minimum Gasteiger partial charge on any atom is -0.479 e. The molecular weight excluding hydrogens is 234 g/mol. The SMILES string of the molecule is C1COC(CC(CC2=NCCO2)C2=NCCO2)=N1. The standard InChI is InChI=1S/C12H17N3O3/c1-4-16-10(13-1)7-9(12-15-3-6-18-12)8-11-14-2-5-17-11/h9H,1-8H2. The summed E-state index contributed by atoms with van der Waals surface area (Å²) < 4.78 is 16.5. The van der Waals surface area contributed by atoms with Gasteiger partial charge in [0.25, 0.3) is 0 Å². The predicted molar refractivity (Wildman–Crippen MR) is 67.5 cm³/mol. The number of rotatable bonds is 5. The Morgan fingerprint density at radius 3 is 1.78 bits per heavy atom. The molecule has 0 spiro atoms. The van der Waals surface area contributed by atoms with Gasteiger partial charge in [0.15, 0.2) is 17.7 Å². The van der Waals surface area contributed by atoms with E-state index in [1.54, 1.807) is 0 Å². The molecule has 0 aliphatic carbocycles. The maximum atomic E-state index is 5.56. The summed E-state index contributed by atoms with van der Waals surface area (Å²) in [7, 11) is 0. The van der Waals surface area contributed by atoms with Gasteiger partial charge in [-0.2, -0.15) is 0 Å². The molecule has 3 heterocycles. The zero-order valence-corrected chi connectivity index (χ0v) is 10.3. The highest BCUT2D eigenvalue weighted by atomic mass is 16.5. The van der Waals surface area contributed by atoms with E-state index in [4.69, 9.17) is 14.2 Å². The Labute approximate surface area is 106 Å². The van der Waals surface area contributed by atoms with Gasteiger partial charge in [-0.3, -0.25) is 15.0 Å². The monoisotopic (exact) mass is 251 g/mol. The average molecular weight is 251 g/mol. The van der Waals surface area contributed by atoms with Crippen LogP contribution in [0.3, 0.4) is 0 Å². The maximum Gasteiger partial charge on any atom is 0.187 e. The minimum absolute atomic E-state index is 0.140. The first-order chi connectivity index (χ1) is 8.92. The van der Waals surface area contributed by atoms with Crippen LogP contribution in [0.25, 0.3) is 0 Å². The van der Waals surface area contributed by atoms with Crippen molar-refractivity contribution in [2.24, 2.45) is 20.9 Å². The van der Waals surface area contributed by atoms with Gasteiger partial charge in [0.2, 0.25) is 0 Å². The Kier molecular flexibility index (Phi) is 3.43. The normalized spacial score (nSPS) is 22.2. The molecule has 0 N–H and O–H groups in total. The Morgan fingerprint density at radius 2 is 1.33 bits per heavy atom. The molecule has 6 nitrogen and oxygen atoms in total. The van der Waals surface area contributed by atoms with Crippen molar-refractivity contribution in [2.45, 2.75) is 12.8 Å². The fraction of sp³-hybridized carbons (Fsp3) is 0.750. The molecule has 0 aromatic heterocycles. The number of nitrogens with zero attached hydrogens (tertiary/aromatic N) is 3. The lowest BCUT2D eigenvalue weighted by Gasteiger charge is -2.16. The quantitative estimate of drug-likeness (QED) is 0.721. The van der Waals surface area contributed by atoms with Gasteiger partial charge in [-0.1, -0.05) is 0 Å². The van der Waals surface area contributed by atoms with Crippen molar-refractivity contribution in [1.29, 1.82) is 0 Å². The minimum atomic E-state index is 0.140. The molecule has 6 heteroatoms. The molecule has 98 valence electrons. The van der Waals surface area contributed by atoms with Crippen molar-refractivity contribution in [2.75, 3.05) is 39.5 Å². The fourth-order valence-corrected chi connectivity index (χ4v) is 2.27. The van der Waals surface area contributed by atoms with E-state index in [0.29, 0.717) is 19.8 Å². The van der Waals surface area contributed by atoms with Crippen molar-refractivity contribution >= 4 is 17.7 Å². The predicted octanol–water partition coefficient (Wildman–Crippen LogP) is 0.669. The van der Waals surface area contributed by atoms with E-state index in [9.17, 15) is 0 Å². The van der Waals surface area contributed by atoms with Crippen molar-refractivity contribution in [3.63, 3.8) is 0 Å². The zero-order valence-electron chi connectivity index (χ0n) is 10.3. The molecule has 0 saturated heterocycles. The van der Waals surface area contributed by atoms with Gasteiger partial charge in [0, 0.05) is 12.8 Å². The summed E-state index contributed by atoms with van der Waals surface area (Å²) in [6, 6.07) is 0. The van der Waals surface area contributed by atoms with Gasteiger partial charge in [0.1, 0.15) is 19.8 Å². The highest BCUT2D eigenvalue weighted by Gasteiger charge is 2.27. The van der Waals surface area contributed by atoms with E-state index in [2.05, 4.69) is 15.0 Å². The smallest absolute Gasteiger partial charge is 0.187 e. The summed E-state index contributed by atoms with van der Waals surface area (Å²) in [5.74, 6) is 2.54. The second kappa shape index (κ2) is 5.37. The Morgan fingerprint density at radius 1 is 0.778 bits per heavy atom. The van der Waals surface area contributed by atoms with Crippen LogP contribution in [-0.4, -0.2) is 57.1 Å². The molecule has 3 rings (SSSR count). The molecule has 0 aromatic rings. The second-order valence-corrected chi connectivity index (χ2v) is 4.42. The highest BCUT2D eigenvalue weighted by molar-refractivity contribution is 5.91. The molecule has 0 amide bonds. The van der Waals surface area contributed by atoms with E-state index in [1.165, 1.54) is 0 Å². The topological polar surface area (TPSA) is 64.8 Å². The molecule has 0 atom stereocenters. The van der Waals surface area contributed by atoms with Crippen molar-refractivity contribution < 1.29 is 14.2 Å².